The average Bonchev–Trinajstić information content (AvgIpc) is 3.01. The van der Waals surface area contributed by atoms with E-state index < -0.39 is 0 Å². The van der Waals surface area contributed by atoms with E-state index in [0.29, 0.717) is 5.75 Å². The summed E-state index contributed by atoms with van der Waals surface area (Å²) in [7, 11) is 0. The van der Waals surface area contributed by atoms with Crippen molar-refractivity contribution in [1.29, 1.82) is 0 Å². The van der Waals surface area contributed by atoms with Crippen LogP contribution >= 0.6 is 0 Å². The van der Waals surface area contributed by atoms with Crippen molar-refractivity contribution < 1.29 is 5.11 Å². The van der Waals surface area contributed by atoms with E-state index in [2.05, 4.69) is 35.3 Å². The van der Waals surface area contributed by atoms with Crippen LogP contribution in [0, 0.1) is 0 Å². The first kappa shape index (κ1) is 14.9. The first-order valence-corrected chi connectivity index (χ1v) is 8.01. The molecular formula is C19H24N2O. The van der Waals surface area contributed by atoms with Crippen LogP contribution in [0.25, 0.3) is 0 Å². The van der Waals surface area contributed by atoms with E-state index in [4.69, 9.17) is 0 Å². The minimum absolute atomic E-state index is 0.232. The zero-order valence-electron chi connectivity index (χ0n) is 13.1. The molecule has 1 fully saturated rings. The number of likely N-dealkylation sites (tertiary alicyclic amines) is 1. The van der Waals surface area contributed by atoms with Crippen molar-refractivity contribution in [1.82, 2.24) is 4.90 Å². The maximum atomic E-state index is 9.86. The van der Waals surface area contributed by atoms with E-state index in [9.17, 15) is 5.11 Å². The molecule has 0 amide bonds. The summed E-state index contributed by atoms with van der Waals surface area (Å²) in [6.45, 7) is 5.47. The second-order valence-corrected chi connectivity index (χ2v) is 6.36. The lowest BCUT2D eigenvalue weighted by Gasteiger charge is -2.36. The van der Waals surface area contributed by atoms with Crippen molar-refractivity contribution in [2.75, 3.05) is 25.0 Å². The smallest absolute Gasteiger partial charge is 0.115 e. The van der Waals surface area contributed by atoms with Crippen LogP contribution in [0.1, 0.15) is 25.3 Å². The average molecular weight is 296 g/mol. The van der Waals surface area contributed by atoms with Crippen molar-refractivity contribution in [2.45, 2.75) is 25.3 Å². The summed E-state index contributed by atoms with van der Waals surface area (Å²) >= 11 is 0. The fourth-order valence-corrected chi connectivity index (χ4v) is 3.28. The largest absolute Gasteiger partial charge is 0.508 e. The van der Waals surface area contributed by atoms with Gasteiger partial charge in [-0.25, -0.2) is 0 Å². The van der Waals surface area contributed by atoms with Crippen molar-refractivity contribution in [3.63, 3.8) is 0 Å². The monoisotopic (exact) mass is 296 g/mol. The van der Waals surface area contributed by atoms with Crippen LogP contribution in [0.3, 0.4) is 0 Å². The van der Waals surface area contributed by atoms with Gasteiger partial charge in [0.05, 0.1) is 5.54 Å². The SMILES string of the molecule is CC(CN1CCCC1)(Nc1ccccc1)c1cccc(O)c1. The van der Waals surface area contributed by atoms with Crippen LogP contribution < -0.4 is 5.32 Å². The van der Waals surface area contributed by atoms with Crippen LogP contribution in [0.2, 0.25) is 0 Å². The standard InChI is InChI=1S/C19H24N2O/c1-19(15-21-12-5-6-13-21,16-8-7-11-18(22)14-16)20-17-9-3-2-4-10-17/h2-4,7-11,14,20,22H,5-6,12-13,15H2,1H3. The quantitative estimate of drug-likeness (QED) is 0.880. The van der Waals surface area contributed by atoms with Crippen molar-refractivity contribution in [2.24, 2.45) is 0 Å². The van der Waals surface area contributed by atoms with Crippen LogP contribution in [0.5, 0.6) is 5.75 Å². The fourth-order valence-electron chi connectivity index (χ4n) is 3.28. The second-order valence-electron chi connectivity index (χ2n) is 6.36. The number of nitrogens with zero attached hydrogens (tertiary/aromatic N) is 1. The van der Waals surface area contributed by atoms with E-state index in [1.54, 1.807) is 6.07 Å². The Morgan fingerprint density at radius 3 is 2.45 bits per heavy atom. The molecule has 0 aliphatic carbocycles. The number of phenols is 1. The third kappa shape index (κ3) is 3.42. The highest BCUT2D eigenvalue weighted by Crippen LogP contribution is 2.30. The molecule has 3 heteroatoms. The maximum Gasteiger partial charge on any atom is 0.115 e. The maximum absolute atomic E-state index is 9.86. The van der Waals surface area contributed by atoms with Crippen molar-refractivity contribution >= 4 is 5.69 Å². The van der Waals surface area contributed by atoms with Crippen LogP contribution in [0.4, 0.5) is 5.69 Å². The molecular weight excluding hydrogens is 272 g/mol. The third-order valence-electron chi connectivity index (χ3n) is 4.42. The Morgan fingerprint density at radius 1 is 1.05 bits per heavy atom. The Morgan fingerprint density at radius 2 is 1.77 bits per heavy atom. The highest BCUT2D eigenvalue weighted by Gasteiger charge is 2.30. The highest BCUT2D eigenvalue weighted by atomic mass is 16.3. The lowest BCUT2D eigenvalue weighted by molar-refractivity contribution is 0.274. The summed E-state index contributed by atoms with van der Waals surface area (Å²) in [6.07, 6.45) is 2.56. The van der Waals surface area contributed by atoms with Gasteiger partial charge in [-0.1, -0.05) is 30.3 Å². The second kappa shape index (κ2) is 6.41. The molecule has 0 saturated carbocycles. The molecule has 0 spiro atoms. The summed E-state index contributed by atoms with van der Waals surface area (Å²) in [5, 5.41) is 13.5. The first-order valence-electron chi connectivity index (χ1n) is 8.01. The topological polar surface area (TPSA) is 35.5 Å². The highest BCUT2D eigenvalue weighted by molar-refractivity contribution is 5.48. The molecule has 1 aliphatic rings. The van der Waals surface area contributed by atoms with Gasteiger partial charge in [0.1, 0.15) is 5.75 Å². The zero-order chi connectivity index (χ0) is 15.4. The van der Waals surface area contributed by atoms with Gasteiger partial charge < -0.3 is 15.3 Å². The Kier molecular flexibility index (Phi) is 4.34. The van der Waals surface area contributed by atoms with Gasteiger partial charge in [-0.15, -0.1) is 0 Å². The van der Waals surface area contributed by atoms with E-state index in [0.717, 1.165) is 30.9 Å². The fraction of sp³-hybridized carbons (Fsp3) is 0.368. The molecule has 1 heterocycles. The number of hydrogen-bond acceptors (Lipinski definition) is 3. The molecule has 1 aliphatic heterocycles. The Labute approximate surface area is 132 Å². The molecule has 1 unspecified atom stereocenters. The van der Waals surface area contributed by atoms with Gasteiger partial charge in [-0.05, 0) is 62.7 Å². The van der Waals surface area contributed by atoms with Gasteiger partial charge in [0.15, 0.2) is 0 Å². The molecule has 2 N–H and O–H groups in total. The molecule has 2 aromatic rings. The molecule has 0 bridgehead atoms. The van der Waals surface area contributed by atoms with Gasteiger partial charge in [-0.2, -0.15) is 0 Å². The van der Waals surface area contributed by atoms with E-state index in [1.165, 1.54) is 12.8 Å². The van der Waals surface area contributed by atoms with Gasteiger partial charge in [-0.3, -0.25) is 0 Å². The Bertz CT molecular complexity index is 608. The minimum Gasteiger partial charge on any atom is -0.508 e. The summed E-state index contributed by atoms with van der Waals surface area (Å²) < 4.78 is 0. The number of anilines is 1. The summed E-state index contributed by atoms with van der Waals surface area (Å²) in [6, 6.07) is 17.9. The minimum atomic E-state index is -0.232. The van der Waals surface area contributed by atoms with Crippen molar-refractivity contribution in [3.05, 3.63) is 60.2 Å². The van der Waals surface area contributed by atoms with Crippen LogP contribution in [-0.2, 0) is 5.54 Å². The molecule has 22 heavy (non-hydrogen) atoms. The predicted molar refractivity (Wildman–Crippen MR) is 91.2 cm³/mol. The molecule has 0 aromatic heterocycles. The van der Waals surface area contributed by atoms with Gasteiger partial charge in [0.2, 0.25) is 0 Å². The summed E-state index contributed by atoms with van der Waals surface area (Å²) in [5.41, 5.74) is 1.99. The number of rotatable bonds is 5. The number of para-hydroxylation sites is 1. The number of aromatic hydroxyl groups is 1. The van der Waals surface area contributed by atoms with E-state index >= 15 is 0 Å². The van der Waals surface area contributed by atoms with Crippen molar-refractivity contribution in [3.8, 4) is 5.75 Å². The normalized spacial score (nSPS) is 18.0. The lowest BCUT2D eigenvalue weighted by Crippen LogP contribution is -2.43. The predicted octanol–water partition coefficient (Wildman–Crippen LogP) is 3.82. The van der Waals surface area contributed by atoms with Crippen LogP contribution in [0.15, 0.2) is 54.6 Å². The van der Waals surface area contributed by atoms with E-state index in [1.807, 2.05) is 30.3 Å². The van der Waals surface area contributed by atoms with E-state index in [-0.39, 0.29) is 5.54 Å². The molecule has 0 radical (unpaired) electrons. The number of hydrogen-bond donors (Lipinski definition) is 2. The molecule has 1 saturated heterocycles. The number of benzene rings is 2. The molecule has 2 aromatic carbocycles. The molecule has 116 valence electrons. The van der Waals surface area contributed by atoms with Gasteiger partial charge in [0, 0.05) is 12.2 Å². The molecule has 3 rings (SSSR count). The third-order valence-corrected chi connectivity index (χ3v) is 4.42. The molecule has 1 atom stereocenters. The summed E-state index contributed by atoms with van der Waals surface area (Å²) in [4.78, 5) is 2.50. The lowest BCUT2D eigenvalue weighted by atomic mass is 9.90. The Hall–Kier alpha value is -2.00. The Balaban J connectivity index is 1.89. The van der Waals surface area contributed by atoms with Gasteiger partial charge in [0.25, 0.3) is 0 Å². The van der Waals surface area contributed by atoms with Gasteiger partial charge >= 0.3 is 0 Å². The summed E-state index contributed by atoms with van der Waals surface area (Å²) in [5.74, 6) is 0.319. The van der Waals surface area contributed by atoms with Crippen LogP contribution in [-0.4, -0.2) is 29.6 Å². The number of nitrogens with one attached hydrogen (secondary N) is 1. The molecule has 3 nitrogen and oxygen atoms in total. The number of phenolic OH excluding ortho intramolecular Hbond substituents is 1. The zero-order valence-corrected chi connectivity index (χ0v) is 13.1. The first-order chi connectivity index (χ1) is 10.7.